The van der Waals surface area contributed by atoms with Crippen LogP contribution in [0.1, 0.15) is 28.8 Å². The van der Waals surface area contributed by atoms with Gasteiger partial charge in [-0.1, -0.05) is 0 Å². The minimum atomic E-state index is -1.19. The second-order valence-corrected chi connectivity index (χ2v) is 6.70. The average molecular weight is 339 g/mol. The number of hydrogen-bond donors (Lipinski definition) is 2. The van der Waals surface area contributed by atoms with E-state index in [9.17, 15) is 14.7 Å². The largest absolute Gasteiger partial charge is 0.493 e. The van der Waals surface area contributed by atoms with E-state index in [1.165, 1.54) is 14.2 Å². The highest BCUT2D eigenvalue weighted by Gasteiger charge is 2.41. The van der Waals surface area contributed by atoms with Crippen molar-refractivity contribution in [2.45, 2.75) is 25.3 Å². The first-order valence-electron chi connectivity index (χ1n) is 7.30. The van der Waals surface area contributed by atoms with Crippen molar-refractivity contribution in [2.24, 2.45) is 0 Å². The molecule has 0 aromatic heterocycles. The van der Waals surface area contributed by atoms with Crippen molar-refractivity contribution in [3.05, 3.63) is 23.3 Å². The molecule has 1 aromatic carbocycles. The molecule has 1 aliphatic heterocycles. The van der Waals surface area contributed by atoms with E-state index in [0.717, 1.165) is 11.5 Å². The summed E-state index contributed by atoms with van der Waals surface area (Å²) in [6.07, 6.45) is 0.843. The van der Waals surface area contributed by atoms with Gasteiger partial charge in [-0.25, -0.2) is 4.79 Å². The van der Waals surface area contributed by atoms with E-state index in [2.05, 4.69) is 5.32 Å². The molecule has 126 valence electrons. The number of carboxylic acids is 1. The highest BCUT2D eigenvalue weighted by atomic mass is 32.2. The number of rotatable bonds is 5. The molecule has 1 heterocycles. The summed E-state index contributed by atoms with van der Waals surface area (Å²) in [5, 5.41) is 12.3. The number of thioether (sulfide) groups is 1. The van der Waals surface area contributed by atoms with E-state index >= 15 is 0 Å². The molecule has 0 unspecified atom stereocenters. The van der Waals surface area contributed by atoms with E-state index in [1.807, 2.05) is 0 Å². The summed E-state index contributed by atoms with van der Waals surface area (Å²) in [5.41, 5.74) is -0.102. The number of amides is 1. The van der Waals surface area contributed by atoms with Crippen LogP contribution in [0.5, 0.6) is 11.5 Å². The van der Waals surface area contributed by atoms with Crippen molar-refractivity contribution < 1.29 is 24.2 Å². The summed E-state index contributed by atoms with van der Waals surface area (Å²) in [5.74, 6) is 1.02. The predicted octanol–water partition coefficient (Wildman–Crippen LogP) is 2.09. The zero-order valence-electron chi connectivity index (χ0n) is 13.5. The molecule has 1 amide bonds. The van der Waals surface area contributed by atoms with Crippen molar-refractivity contribution in [2.75, 3.05) is 25.7 Å². The Morgan fingerprint density at radius 1 is 1.17 bits per heavy atom. The standard InChI is InChI=1S/C16H21NO5S/c1-10-8-12(21-2)13(22-3)9-11(10)14(18)17-16(15(19)20)4-6-23-7-5-16/h8-9H,4-7H2,1-3H3,(H,17,18)(H,19,20). The lowest BCUT2D eigenvalue weighted by Crippen LogP contribution is -2.56. The number of nitrogens with one attached hydrogen (secondary N) is 1. The van der Waals surface area contributed by atoms with Gasteiger partial charge < -0.3 is 19.9 Å². The summed E-state index contributed by atoms with van der Waals surface area (Å²) in [6, 6.07) is 3.29. The highest BCUT2D eigenvalue weighted by Crippen LogP contribution is 2.32. The van der Waals surface area contributed by atoms with Crippen LogP contribution in [-0.2, 0) is 4.79 Å². The lowest BCUT2D eigenvalue weighted by Gasteiger charge is -2.33. The number of aryl methyl sites for hydroxylation is 1. The molecule has 7 heteroatoms. The fraction of sp³-hybridized carbons (Fsp3) is 0.500. The van der Waals surface area contributed by atoms with Crippen LogP contribution in [0.3, 0.4) is 0 Å². The molecule has 1 saturated heterocycles. The predicted molar refractivity (Wildman–Crippen MR) is 88.7 cm³/mol. The molecule has 0 radical (unpaired) electrons. The lowest BCUT2D eigenvalue weighted by molar-refractivity contribution is -0.144. The maximum absolute atomic E-state index is 12.6. The molecule has 0 atom stereocenters. The van der Waals surface area contributed by atoms with E-state index in [-0.39, 0.29) is 0 Å². The summed E-state index contributed by atoms with van der Waals surface area (Å²) in [6.45, 7) is 1.78. The molecule has 2 N–H and O–H groups in total. The molecule has 6 nitrogen and oxygen atoms in total. The molecule has 0 aliphatic carbocycles. The summed E-state index contributed by atoms with van der Waals surface area (Å²) >= 11 is 1.70. The van der Waals surface area contributed by atoms with Crippen LogP contribution in [0.15, 0.2) is 12.1 Å². The number of hydrogen-bond acceptors (Lipinski definition) is 5. The molecule has 0 saturated carbocycles. The van der Waals surface area contributed by atoms with Crippen molar-refractivity contribution in [3.8, 4) is 11.5 Å². The van der Waals surface area contributed by atoms with Crippen molar-refractivity contribution in [1.29, 1.82) is 0 Å². The number of methoxy groups -OCH3 is 2. The van der Waals surface area contributed by atoms with Gasteiger partial charge in [0, 0.05) is 5.56 Å². The van der Waals surface area contributed by atoms with Gasteiger partial charge in [-0.2, -0.15) is 11.8 Å². The number of ether oxygens (including phenoxy) is 2. The van der Waals surface area contributed by atoms with Crippen molar-refractivity contribution in [1.82, 2.24) is 5.32 Å². The molecular weight excluding hydrogens is 318 g/mol. The van der Waals surface area contributed by atoms with Gasteiger partial charge in [0.25, 0.3) is 5.91 Å². The highest BCUT2D eigenvalue weighted by molar-refractivity contribution is 7.99. The molecule has 1 aliphatic rings. The molecule has 0 spiro atoms. The Hall–Kier alpha value is -1.89. The summed E-state index contributed by atoms with van der Waals surface area (Å²) < 4.78 is 10.4. The molecule has 2 rings (SSSR count). The normalized spacial score (nSPS) is 16.5. The summed E-state index contributed by atoms with van der Waals surface area (Å²) in [4.78, 5) is 24.3. The second kappa shape index (κ2) is 7.12. The fourth-order valence-corrected chi connectivity index (χ4v) is 3.81. The average Bonchev–Trinajstić information content (AvgIpc) is 2.55. The van der Waals surface area contributed by atoms with E-state index in [4.69, 9.17) is 9.47 Å². The van der Waals surface area contributed by atoms with E-state index in [0.29, 0.717) is 35.5 Å². The van der Waals surface area contributed by atoms with Gasteiger partial charge >= 0.3 is 5.97 Å². The van der Waals surface area contributed by atoms with Gasteiger partial charge in [-0.05, 0) is 49.0 Å². The Morgan fingerprint density at radius 3 is 2.26 bits per heavy atom. The fourth-order valence-electron chi connectivity index (χ4n) is 2.62. The SMILES string of the molecule is COc1cc(C)c(C(=O)NC2(C(=O)O)CCSCC2)cc1OC. The third kappa shape index (κ3) is 3.55. The number of carbonyl (C=O) groups excluding carboxylic acids is 1. The Morgan fingerprint density at radius 2 is 1.74 bits per heavy atom. The maximum Gasteiger partial charge on any atom is 0.329 e. The first-order valence-corrected chi connectivity index (χ1v) is 8.45. The van der Waals surface area contributed by atoms with Crippen molar-refractivity contribution >= 4 is 23.6 Å². The van der Waals surface area contributed by atoms with Crippen LogP contribution in [0.4, 0.5) is 0 Å². The zero-order chi connectivity index (χ0) is 17.0. The first-order chi connectivity index (χ1) is 10.9. The zero-order valence-corrected chi connectivity index (χ0v) is 14.3. The van der Waals surface area contributed by atoms with Gasteiger partial charge in [0.15, 0.2) is 11.5 Å². The Bertz CT molecular complexity index is 611. The maximum atomic E-state index is 12.6. The number of carboxylic acid groups (broad SMARTS) is 1. The van der Waals surface area contributed by atoms with Crippen molar-refractivity contribution in [3.63, 3.8) is 0 Å². The second-order valence-electron chi connectivity index (χ2n) is 5.48. The third-order valence-corrected chi connectivity index (χ3v) is 5.07. The van der Waals surface area contributed by atoms with Gasteiger partial charge in [0.1, 0.15) is 5.54 Å². The van der Waals surface area contributed by atoms with Crippen LogP contribution >= 0.6 is 11.8 Å². The Kier molecular flexibility index (Phi) is 5.41. The topological polar surface area (TPSA) is 84.9 Å². The smallest absolute Gasteiger partial charge is 0.329 e. The monoisotopic (exact) mass is 339 g/mol. The summed E-state index contributed by atoms with van der Waals surface area (Å²) in [7, 11) is 3.02. The molecular formula is C16H21NO5S. The van der Waals surface area contributed by atoms with Crippen LogP contribution in [-0.4, -0.2) is 48.2 Å². The molecule has 1 fully saturated rings. The number of benzene rings is 1. The lowest BCUT2D eigenvalue weighted by atomic mass is 9.91. The number of carbonyl (C=O) groups is 2. The van der Waals surface area contributed by atoms with Crippen LogP contribution < -0.4 is 14.8 Å². The van der Waals surface area contributed by atoms with E-state index in [1.54, 1.807) is 30.8 Å². The van der Waals surface area contributed by atoms with Crippen LogP contribution in [0.2, 0.25) is 0 Å². The van der Waals surface area contributed by atoms with Gasteiger partial charge in [-0.3, -0.25) is 4.79 Å². The van der Waals surface area contributed by atoms with Crippen LogP contribution in [0, 0.1) is 6.92 Å². The number of aliphatic carboxylic acids is 1. The molecule has 1 aromatic rings. The first kappa shape index (κ1) is 17.5. The van der Waals surface area contributed by atoms with Crippen LogP contribution in [0.25, 0.3) is 0 Å². The van der Waals surface area contributed by atoms with Gasteiger partial charge in [-0.15, -0.1) is 0 Å². The molecule has 0 bridgehead atoms. The molecule has 23 heavy (non-hydrogen) atoms. The minimum absolute atomic E-state index is 0.390. The quantitative estimate of drug-likeness (QED) is 0.854. The Balaban J connectivity index is 2.31. The van der Waals surface area contributed by atoms with E-state index < -0.39 is 17.4 Å². The Labute approximate surface area is 139 Å². The van der Waals surface area contributed by atoms with Gasteiger partial charge in [0.05, 0.1) is 14.2 Å². The van der Waals surface area contributed by atoms with Gasteiger partial charge in [0.2, 0.25) is 0 Å². The minimum Gasteiger partial charge on any atom is -0.493 e. The third-order valence-electron chi connectivity index (χ3n) is 4.08.